The fraction of sp³-hybridized carbons (Fsp3) is 0.625. The molecule has 2 unspecified atom stereocenters. The second-order valence-corrected chi connectivity index (χ2v) is 2.83. The van der Waals surface area contributed by atoms with Gasteiger partial charge in [-0.2, -0.15) is 0 Å². The van der Waals surface area contributed by atoms with Crippen LogP contribution in [-0.4, -0.2) is 23.5 Å². The minimum absolute atomic E-state index is 0.228. The van der Waals surface area contributed by atoms with Crippen LogP contribution in [0.1, 0.15) is 13.3 Å². The topological polar surface area (TPSA) is 69.4 Å². The Morgan fingerprint density at radius 3 is 2.85 bits per heavy atom. The third-order valence-electron chi connectivity index (χ3n) is 1.92. The minimum atomic E-state index is -0.727. The van der Waals surface area contributed by atoms with Gasteiger partial charge in [0.1, 0.15) is 0 Å². The maximum absolute atomic E-state index is 11.1. The van der Waals surface area contributed by atoms with Crippen molar-refractivity contribution in [1.29, 1.82) is 0 Å². The molecule has 0 aliphatic heterocycles. The average molecular weight is 185 g/mol. The zero-order valence-corrected chi connectivity index (χ0v) is 7.30. The molecule has 2 atom stereocenters. The highest BCUT2D eigenvalue weighted by Gasteiger charge is 2.32. The number of esters is 1. The minimum Gasteiger partial charge on any atom is -0.466 e. The van der Waals surface area contributed by atoms with Crippen LogP contribution in [-0.2, 0) is 9.53 Å². The number of nitro groups is 1. The number of carbonyl (C=O) groups excluding carboxylic acids is 1. The fourth-order valence-corrected chi connectivity index (χ4v) is 1.26. The van der Waals surface area contributed by atoms with E-state index < -0.39 is 16.9 Å². The number of nitrogens with zero attached hydrogens (tertiary/aromatic N) is 1. The molecule has 0 amide bonds. The van der Waals surface area contributed by atoms with Crippen molar-refractivity contribution < 1.29 is 14.5 Å². The molecular formula is C8H11NO4. The molecule has 0 aromatic carbocycles. The summed E-state index contributed by atoms with van der Waals surface area (Å²) in [5.74, 6) is -0.807. The third kappa shape index (κ3) is 2.27. The summed E-state index contributed by atoms with van der Waals surface area (Å²) < 4.78 is 4.74. The van der Waals surface area contributed by atoms with Crippen LogP contribution >= 0.6 is 0 Å². The fourth-order valence-electron chi connectivity index (χ4n) is 1.26. The van der Waals surface area contributed by atoms with Crippen LogP contribution in [0.15, 0.2) is 12.2 Å². The zero-order chi connectivity index (χ0) is 9.84. The molecular weight excluding hydrogens is 174 g/mol. The Morgan fingerprint density at radius 2 is 2.38 bits per heavy atom. The van der Waals surface area contributed by atoms with Crippen LogP contribution in [0.2, 0.25) is 0 Å². The number of carbonyl (C=O) groups is 1. The van der Waals surface area contributed by atoms with E-state index >= 15 is 0 Å². The van der Waals surface area contributed by atoms with Crippen molar-refractivity contribution in [1.82, 2.24) is 0 Å². The SMILES string of the molecule is CCOC(=O)C1C=CC([N+](=O)[O-])C1. The number of hydrogen-bond acceptors (Lipinski definition) is 4. The van der Waals surface area contributed by atoms with Crippen LogP contribution < -0.4 is 0 Å². The Kier molecular flexibility index (Phi) is 3.00. The monoisotopic (exact) mass is 185 g/mol. The number of ether oxygens (including phenoxy) is 1. The van der Waals surface area contributed by atoms with E-state index in [4.69, 9.17) is 4.74 Å². The summed E-state index contributed by atoms with van der Waals surface area (Å²) in [6, 6.07) is -0.727. The van der Waals surface area contributed by atoms with Gasteiger partial charge in [0.25, 0.3) is 0 Å². The van der Waals surface area contributed by atoms with Gasteiger partial charge < -0.3 is 4.74 Å². The maximum Gasteiger partial charge on any atom is 0.313 e. The molecule has 0 spiro atoms. The van der Waals surface area contributed by atoms with Crippen LogP contribution in [0.3, 0.4) is 0 Å². The molecule has 0 saturated carbocycles. The summed E-state index contributed by atoms with van der Waals surface area (Å²) in [6.07, 6.45) is 3.22. The van der Waals surface area contributed by atoms with Gasteiger partial charge in [-0.15, -0.1) is 0 Å². The molecule has 0 heterocycles. The molecule has 5 heteroatoms. The van der Waals surface area contributed by atoms with E-state index in [0.29, 0.717) is 6.61 Å². The highest BCUT2D eigenvalue weighted by molar-refractivity contribution is 5.75. The summed E-state index contributed by atoms with van der Waals surface area (Å²) in [4.78, 5) is 21.1. The molecule has 1 aliphatic carbocycles. The smallest absolute Gasteiger partial charge is 0.313 e. The lowest BCUT2D eigenvalue weighted by Gasteiger charge is -2.06. The summed E-state index contributed by atoms with van der Waals surface area (Å²) in [5, 5.41) is 10.3. The first-order chi connectivity index (χ1) is 6.15. The van der Waals surface area contributed by atoms with E-state index in [1.165, 1.54) is 6.08 Å². The standard InChI is InChI=1S/C8H11NO4/c1-2-13-8(10)6-3-4-7(5-6)9(11)12/h3-4,6-7H,2,5H2,1H3. The lowest BCUT2D eigenvalue weighted by atomic mass is 10.1. The van der Waals surface area contributed by atoms with Gasteiger partial charge in [0.05, 0.1) is 12.5 Å². The van der Waals surface area contributed by atoms with Gasteiger partial charge in [0, 0.05) is 11.3 Å². The van der Waals surface area contributed by atoms with E-state index in [2.05, 4.69) is 0 Å². The lowest BCUT2D eigenvalue weighted by Crippen LogP contribution is -2.20. The van der Waals surface area contributed by atoms with E-state index in [0.717, 1.165) is 0 Å². The van der Waals surface area contributed by atoms with Crippen LogP contribution in [0.5, 0.6) is 0 Å². The number of hydrogen-bond donors (Lipinski definition) is 0. The van der Waals surface area contributed by atoms with Gasteiger partial charge in [0.2, 0.25) is 6.04 Å². The molecule has 1 aliphatic rings. The molecule has 0 aromatic rings. The van der Waals surface area contributed by atoms with Gasteiger partial charge >= 0.3 is 5.97 Å². The van der Waals surface area contributed by atoms with Crippen molar-refractivity contribution in [3.8, 4) is 0 Å². The first kappa shape index (κ1) is 9.70. The lowest BCUT2D eigenvalue weighted by molar-refractivity contribution is -0.509. The summed E-state index contributed by atoms with van der Waals surface area (Å²) in [7, 11) is 0. The molecule has 0 radical (unpaired) electrons. The normalized spacial score (nSPS) is 25.9. The Labute approximate surface area is 75.5 Å². The van der Waals surface area contributed by atoms with Gasteiger partial charge in [-0.05, 0) is 13.0 Å². The van der Waals surface area contributed by atoms with E-state index in [-0.39, 0.29) is 12.4 Å². The first-order valence-corrected chi connectivity index (χ1v) is 4.13. The van der Waals surface area contributed by atoms with E-state index in [1.807, 2.05) is 0 Å². The van der Waals surface area contributed by atoms with Gasteiger partial charge in [0.15, 0.2) is 0 Å². The van der Waals surface area contributed by atoms with Crippen molar-refractivity contribution in [3.63, 3.8) is 0 Å². The number of rotatable bonds is 3. The van der Waals surface area contributed by atoms with Gasteiger partial charge in [-0.25, -0.2) is 0 Å². The van der Waals surface area contributed by atoms with Crippen molar-refractivity contribution in [3.05, 3.63) is 22.3 Å². The zero-order valence-electron chi connectivity index (χ0n) is 7.30. The second-order valence-electron chi connectivity index (χ2n) is 2.83. The first-order valence-electron chi connectivity index (χ1n) is 4.13. The van der Waals surface area contributed by atoms with Gasteiger partial charge in [-0.3, -0.25) is 14.9 Å². The van der Waals surface area contributed by atoms with E-state index in [9.17, 15) is 14.9 Å². The molecule has 13 heavy (non-hydrogen) atoms. The Balaban J connectivity index is 2.47. The molecule has 72 valence electrons. The predicted molar refractivity (Wildman–Crippen MR) is 44.7 cm³/mol. The third-order valence-corrected chi connectivity index (χ3v) is 1.92. The average Bonchev–Trinajstić information content (AvgIpc) is 2.52. The van der Waals surface area contributed by atoms with Crippen molar-refractivity contribution in [2.45, 2.75) is 19.4 Å². The molecule has 0 aromatic heterocycles. The molecule has 0 saturated heterocycles. The van der Waals surface area contributed by atoms with Crippen molar-refractivity contribution in [2.24, 2.45) is 5.92 Å². The maximum atomic E-state index is 11.1. The highest BCUT2D eigenvalue weighted by atomic mass is 16.6. The van der Waals surface area contributed by atoms with Gasteiger partial charge in [-0.1, -0.05) is 6.08 Å². The van der Waals surface area contributed by atoms with E-state index in [1.54, 1.807) is 13.0 Å². The molecule has 1 rings (SSSR count). The van der Waals surface area contributed by atoms with Crippen molar-refractivity contribution in [2.75, 3.05) is 6.61 Å². The summed E-state index contributed by atoms with van der Waals surface area (Å²) in [6.45, 7) is 2.02. The summed E-state index contributed by atoms with van der Waals surface area (Å²) >= 11 is 0. The summed E-state index contributed by atoms with van der Waals surface area (Å²) in [5.41, 5.74) is 0. The Morgan fingerprint density at radius 1 is 1.69 bits per heavy atom. The second kappa shape index (κ2) is 4.02. The van der Waals surface area contributed by atoms with Crippen LogP contribution in [0.4, 0.5) is 0 Å². The largest absolute Gasteiger partial charge is 0.466 e. The van der Waals surface area contributed by atoms with Crippen LogP contribution in [0.25, 0.3) is 0 Å². The quantitative estimate of drug-likeness (QED) is 0.282. The predicted octanol–water partition coefficient (Wildman–Crippen LogP) is 0.771. The molecule has 0 bridgehead atoms. The highest BCUT2D eigenvalue weighted by Crippen LogP contribution is 2.20. The Bertz CT molecular complexity index is 249. The molecule has 0 fully saturated rings. The Hall–Kier alpha value is -1.39. The van der Waals surface area contributed by atoms with Crippen LogP contribution in [0, 0.1) is 16.0 Å². The van der Waals surface area contributed by atoms with Crippen molar-refractivity contribution >= 4 is 5.97 Å². The molecule has 0 N–H and O–H groups in total. The molecule has 5 nitrogen and oxygen atoms in total.